The van der Waals surface area contributed by atoms with Crippen molar-refractivity contribution in [3.8, 4) is 5.75 Å². The van der Waals surface area contributed by atoms with Crippen LogP contribution in [0.1, 0.15) is 41.3 Å². The predicted molar refractivity (Wildman–Crippen MR) is 116 cm³/mol. The van der Waals surface area contributed by atoms with Gasteiger partial charge in [0.1, 0.15) is 10.8 Å². The Hall–Kier alpha value is -2.12. The van der Waals surface area contributed by atoms with Gasteiger partial charge in [-0.3, -0.25) is 9.89 Å². The number of rotatable bonds is 8. The monoisotopic (exact) mass is 401 g/mol. The second-order valence-electron chi connectivity index (χ2n) is 6.92. The molecule has 1 unspecified atom stereocenters. The topological polar surface area (TPSA) is 61.8 Å². The number of thiazole rings is 1. The highest BCUT2D eigenvalue weighted by atomic mass is 32.1. The summed E-state index contributed by atoms with van der Waals surface area (Å²) in [7, 11) is 3.53. The lowest BCUT2D eigenvalue weighted by molar-refractivity contribution is 0.245. The molecule has 1 atom stereocenters. The molecule has 3 rings (SSSR count). The van der Waals surface area contributed by atoms with Crippen LogP contribution in [0.2, 0.25) is 0 Å². The van der Waals surface area contributed by atoms with E-state index in [1.165, 1.54) is 23.3 Å². The van der Waals surface area contributed by atoms with E-state index in [2.05, 4.69) is 50.6 Å². The molecule has 1 fully saturated rings. The first-order chi connectivity index (χ1) is 13.7. The SMILES string of the molecule is CCc1cnc(CNC(=NC)NCC(c2cccc(OC)c2)N2CCCC2)s1. The van der Waals surface area contributed by atoms with E-state index in [0.29, 0.717) is 12.6 Å². The summed E-state index contributed by atoms with van der Waals surface area (Å²) in [6, 6.07) is 8.69. The average molecular weight is 402 g/mol. The standard InChI is InChI=1S/C21H31N5OS/c1-4-18-13-23-20(28-18)15-25-21(22-2)24-14-19(26-10-5-6-11-26)16-8-7-9-17(12-16)27-3/h7-9,12-13,19H,4-6,10-11,14-15H2,1-3H3,(H2,22,24,25). The van der Waals surface area contributed by atoms with Gasteiger partial charge in [-0.05, 0) is 50.0 Å². The number of aliphatic imine (C=N–C) groups is 1. The van der Waals surface area contributed by atoms with Gasteiger partial charge in [-0.15, -0.1) is 11.3 Å². The number of aromatic nitrogens is 1. The van der Waals surface area contributed by atoms with Crippen LogP contribution < -0.4 is 15.4 Å². The minimum atomic E-state index is 0.294. The zero-order chi connectivity index (χ0) is 19.8. The fraction of sp³-hybridized carbons (Fsp3) is 0.524. The summed E-state index contributed by atoms with van der Waals surface area (Å²) < 4.78 is 5.43. The number of nitrogens with one attached hydrogen (secondary N) is 2. The number of aryl methyl sites for hydroxylation is 1. The molecule has 28 heavy (non-hydrogen) atoms. The minimum Gasteiger partial charge on any atom is -0.497 e. The van der Waals surface area contributed by atoms with Crippen LogP contribution in [0.5, 0.6) is 5.75 Å². The predicted octanol–water partition coefficient (Wildman–Crippen LogP) is 3.22. The molecule has 1 aromatic carbocycles. The first kappa shape index (κ1) is 20.6. The fourth-order valence-electron chi connectivity index (χ4n) is 3.53. The quantitative estimate of drug-likeness (QED) is 0.525. The lowest BCUT2D eigenvalue weighted by Gasteiger charge is -2.29. The first-order valence-electron chi connectivity index (χ1n) is 9.99. The smallest absolute Gasteiger partial charge is 0.191 e. The Morgan fingerprint density at radius 1 is 1.32 bits per heavy atom. The van der Waals surface area contributed by atoms with Crippen molar-refractivity contribution in [1.29, 1.82) is 0 Å². The molecule has 1 aromatic heterocycles. The van der Waals surface area contributed by atoms with Crippen molar-refractivity contribution in [1.82, 2.24) is 20.5 Å². The van der Waals surface area contributed by atoms with Crippen LogP contribution in [0.4, 0.5) is 0 Å². The number of benzene rings is 1. The van der Waals surface area contributed by atoms with Crippen LogP contribution in [0.25, 0.3) is 0 Å². The maximum absolute atomic E-state index is 5.43. The third-order valence-corrected chi connectivity index (χ3v) is 6.25. The Kier molecular flexibility index (Phi) is 7.68. The lowest BCUT2D eigenvalue weighted by Crippen LogP contribution is -2.42. The van der Waals surface area contributed by atoms with Gasteiger partial charge in [0, 0.05) is 24.7 Å². The van der Waals surface area contributed by atoms with E-state index < -0.39 is 0 Å². The molecule has 2 N–H and O–H groups in total. The van der Waals surface area contributed by atoms with E-state index in [-0.39, 0.29) is 0 Å². The van der Waals surface area contributed by atoms with Gasteiger partial charge in [-0.2, -0.15) is 0 Å². The van der Waals surface area contributed by atoms with Gasteiger partial charge < -0.3 is 15.4 Å². The van der Waals surface area contributed by atoms with Crippen LogP contribution in [-0.4, -0.2) is 49.6 Å². The molecule has 1 saturated heterocycles. The Bertz CT molecular complexity index is 770. The molecule has 7 heteroatoms. The largest absolute Gasteiger partial charge is 0.497 e. The van der Waals surface area contributed by atoms with Crippen LogP contribution >= 0.6 is 11.3 Å². The molecule has 152 valence electrons. The zero-order valence-corrected chi connectivity index (χ0v) is 17.9. The molecule has 1 aliphatic rings. The number of hydrogen-bond donors (Lipinski definition) is 2. The molecule has 2 heterocycles. The number of likely N-dealkylation sites (tertiary alicyclic amines) is 1. The second kappa shape index (κ2) is 10.4. The average Bonchev–Trinajstić information content (AvgIpc) is 3.42. The van der Waals surface area contributed by atoms with Gasteiger partial charge in [-0.1, -0.05) is 19.1 Å². The highest BCUT2D eigenvalue weighted by molar-refractivity contribution is 7.11. The molecule has 0 bridgehead atoms. The number of methoxy groups -OCH3 is 1. The Morgan fingerprint density at radius 2 is 2.14 bits per heavy atom. The zero-order valence-electron chi connectivity index (χ0n) is 17.1. The molecule has 0 aliphatic carbocycles. The van der Waals surface area contributed by atoms with E-state index in [1.54, 1.807) is 18.4 Å². The van der Waals surface area contributed by atoms with Crippen molar-refractivity contribution in [3.63, 3.8) is 0 Å². The van der Waals surface area contributed by atoms with Crippen molar-refractivity contribution < 1.29 is 4.74 Å². The number of guanidine groups is 1. The van der Waals surface area contributed by atoms with E-state index >= 15 is 0 Å². The fourth-order valence-corrected chi connectivity index (χ4v) is 4.33. The molecule has 0 radical (unpaired) electrons. The molecular weight excluding hydrogens is 370 g/mol. The second-order valence-corrected chi connectivity index (χ2v) is 8.12. The molecule has 6 nitrogen and oxygen atoms in total. The van der Waals surface area contributed by atoms with Crippen LogP contribution in [0, 0.1) is 0 Å². The number of nitrogens with zero attached hydrogens (tertiary/aromatic N) is 3. The first-order valence-corrected chi connectivity index (χ1v) is 10.8. The maximum atomic E-state index is 5.43. The molecule has 2 aromatic rings. The summed E-state index contributed by atoms with van der Waals surface area (Å²) in [5.41, 5.74) is 1.27. The van der Waals surface area contributed by atoms with Crippen molar-refractivity contribution in [2.45, 2.75) is 38.8 Å². The Morgan fingerprint density at radius 3 is 2.82 bits per heavy atom. The third-order valence-electron chi connectivity index (χ3n) is 5.10. The van der Waals surface area contributed by atoms with Crippen molar-refractivity contribution in [2.75, 3.05) is 33.8 Å². The van der Waals surface area contributed by atoms with Gasteiger partial charge in [0.15, 0.2) is 5.96 Å². The third kappa shape index (κ3) is 5.45. The van der Waals surface area contributed by atoms with Crippen molar-refractivity contribution in [2.24, 2.45) is 4.99 Å². The Balaban J connectivity index is 1.62. The summed E-state index contributed by atoms with van der Waals surface area (Å²) in [6.45, 7) is 5.91. The van der Waals surface area contributed by atoms with E-state index in [4.69, 9.17) is 4.74 Å². The highest BCUT2D eigenvalue weighted by Gasteiger charge is 2.24. The van der Waals surface area contributed by atoms with Gasteiger partial charge >= 0.3 is 0 Å². The summed E-state index contributed by atoms with van der Waals surface area (Å²) in [5.74, 6) is 1.71. The number of ether oxygens (including phenoxy) is 1. The van der Waals surface area contributed by atoms with Crippen molar-refractivity contribution in [3.05, 3.63) is 45.9 Å². The highest BCUT2D eigenvalue weighted by Crippen LogP contribution is 2.27. The van der Waals surface area contributed by atoms with Gasteiger partial charge in [0.25, 0.3) is 0 Å². The van der Waals surface area contributed by atoms with E-state index in [0.717, 1.165) is 42.8 Å². The summed E-state index contributed by atoms with van der Waals surface area (Å²) >= 11 is 1.75. The van der Waals surface area contributed by atoms with E-state index in [1.807, 2.05) is 19.3 Å². The maximum Gasteiger partial charge on any atom is 0.191 e. The van der Waals surface area contributed by atoms with Gasteiger partial charge in [0.05, 0.1) is 19.7 Å². The normalized spacial score (nSPS) is 16.2. The molecule has 0 spiro atoms. The van der Waals surface area contributed by atoms with Crippen LogP contribution in [0.3, 0.4) is 0 Å². The summed E-state index contributed by atoms with van der Waals surface area (Å²) in [4.78, 5) is 12.7. The molecule has 0 saturated carbocycles. The van der Waals surface area contributed by atoms with Crippen molar-refractivity contribution >= 4 is 17.3 Å². The minimum absolute atomic E-state index is 0.294. The Labute approximate surface area is 172 Å². The van der Waals surface area contributed by atoms with Crippen LogP contribution in [-0.2, 0) is 13.0 Å². The lowest BCUT2D eigenvalue weighted by atomic mass is 10.1. The number of hydrogen-bond acceptors (Lipinski definition) is 5. The summed E-state index contributed by atoms with van der Waals surface area (Å²) in [6.07, 6.45) is 5.52. The van der Waals surface area contributed by atoms with Gasteiger partial charge in [-0.25, -0.2) is 4.98 Å². The van der Waals surface area contributed by atoms with Crippen LogP contribution in [0.15, 0.2) is 35.5 Å². The van der Waals surface area contributed by atoms with E-state index in [9.17, 15) is 0 Å². The molecular formula is C21H31N5OS. The van der Waals surface area contributed by atoms with Gasteiger partial charge in [0.2, 0.25) is 0 Å². The molecule has 0 amide bonds. The summed E-state index contributed by atoms with van der Waals surface area (Å²) in [5, 5.41) is 7.98. The molecule has 1 aliphatic heterocycles.